The fraction of sp³-hybridized carbons (Fsp3) is 0.0455. The number of nitrogens with zero attached hydrogens (tertiary/aromatic N) is 1. The molecular weight excluding hydrogens is 472 g/mol. The number of benzene rings is 3. The topological polar surface area (TPSA) is 88.0 Å². The van der Waals surface area contributed by atoms with Crippen molar-refractivity contribution in [3.63, 3.8) is 0 Å². The third-order valence-corrected chi connectivity index (χ3v) is 4.74. The average molecular weight is 488 g/mol. The number of ether oxygens (including phenoxy) is 1. The lowest BCUT2D eigenvalue weighted by Crippen LogP contribution is -2.25. The monoisotopic (exact) mass is 486 g/mol. The molecule has 0 saturated heterocycles. The second-order valence-electron chi connectivity index (χ2n) is 6.13. The molecule has 6 nitrogen and oxygen atoms in total. The molecule has 0 aliphatic heterocycles. The minimum atomic E-state index is -1.35. The zero-order valence-corrected chi connectivity index (χ0v) is 17.8. The van der Waals surface area contributed by atoms with E-state index < -0.39 is 18.0 Å². The first-order valence-electron chi connectivity index (χ1n) is 8.77. The molecule has 3 aromatic rings. The molecule has 8 heteroatoms. The van der Waals surface area contributed by atoms with Gasteiger partial charge in [0.25, 0.3) is 5.91 Å². The molecule has 0 spiro atoms. The summed E-state index contributed by atoms with van der Waals surface area (Å²) in [5.41, 5.74) is 3.51. The number of amides is 1. The van der Waals surface area contributed by atoms with Crippen molar-refractivity contribution in [1.82, 2.24) is 5.43 Å². The Morgan fingerprint density at radius 2 is 1.77 bits per heavy atom. The summed E-state index contributed by atoms with van der Waals surface area (Å²) >= 11 is 9.18. The highest BCUT2D eigenvalue weighted by molar-refractivity contribution is 9.10. The van der Waals surface area contributed by atoms with E-state index in [-0.39, 0.29) is 5.75 Å². The van der Waals surface area contributed by atoms with Crippen molar-refractivity contribution in [2.24, 2.45) is 5.10 Å². The predicted octanol–water partition coefficient (Wildman–Crippen LogP) is 4.51. The molecule has 2 N–H and O–H groups in total. The van der Waals surface area contributed by atoms with Gasteiger partial charge in [-0.2, -0.15) is 5.10 Å². The number of aliphatic hydroxyl groups excluding tert-OH is 1. The minimum Gasteiger partial charge on any atom is -0.422 e. The molecule has 1 amide bonds. The quantitative estimate of drug-likeness (QED) is 0.232. The van der Waals surface area contributed by atoms with Gasteiger partial charge < -0.3 is 9.84 Å². The Bertz CT molecular complexity index is 1070. The molecule has 152 valence electrons. The molecule has 3 rings (SSSR count). The predicted molar refractivity (Wildman–Crippen MR) is 118 cm³/mol. The summed E-state index contributed by atoms with van der Waals surface area (Å²) in [5, 5.41) is 14.5. The second-order valence-corrected chi connectivity index (χ2v) is 7.48. The summed E-state index contributed by atoms with van der Waals surface area (Å²) in [6, 6.07) is 19.8. The van der Waals surface area contributed by atoms with Crippen molar-refractivity contribution >= 4 is 45.6 Å². The third-order valence-electron chi connectivity index (χ3n) is 4.00. The fourth-order valence-electron chi connectivity index (χ4n) is 2.47. The van der Waals surface area contributed by atoms with Crippen LogP contribution in [-0.4, -0.2) is 23.2 Å². The van der Waals surface area contributed by atoms with Gasteiger partial charge in [-0.05, 0) is 48.0 Å². The maximum absolute atomic E-state index is 12.4. The van der Waals surface area contributed by atoms with Crippen LogP contribution in [0.4, 0.5) is 0 Å². The van der Waals surface area contributed by atoms with E-state index in [1.165, 1.54) is 6.21 Å². The number of carbonyl (C=O) groups excluding carboxylic acids is 2. The van der Waals surface area contributed by atoms with E-state index in [0.717, 1.165) is 4.47 Å². The molecule has 0 saturated carbocycles. The molecule has 30 heavy (non-hydrogen) atoms. The van der Waals surface area contributed by atoms with Crippen LogP contribution in [0.3, 0.4) is 0 Å². The van der Waals surface area contributed by atoms with E-state index in [9.17, 15) is 14.7 Å². The molecule has 1 atom stereocenters. The number of esters is 1. The van der Waals surface area contributed by atoms with Crippen LogP contribution in [0.15, 0.2) is 82.4 Å². The van der Waals surface area contributed by atoms with E-state index in [1.54, 1.807) is 72.8 Å². The molecule has 0 heterocycles. The van der Waals surface area contributed by atoms with E-state index >= 15 is 0 Å². The molecule has 0 fully saturated rings. The zero-order valence-electron chi connectivity index (χ0n) is 15.5. The molecular formula is C22H16BrClN2O4. The average Bonchev–Trinajstić information content (AvgIpc) is 2.76. The first-order valence-corrected chi connectivity index (χ1v) is 9.94. The van der Waals surface area contributed by atoms with Crippen LogP contribution in [-0.2, 0) is 4.79 Å². The van der Waals surface area contributed by atoms with Gasteiger partial charge in [-0.25, -0.2) is 10.2 Å². The van der Waals surface area contributed by atoms with Crippen LogP contribution in [0.1, 0.15) is 27.6 Å². The Morgan fingerprint density at radius 3 is 2.47 bits per heavy atom. The van der Waals surface area contributed by atoms with Crippen LogP contribution in [0.25, 0.3) is 0 Å². The summed E-state index contributed by atoms with van der Waals surface area (Å²) in [7, 11) is 0. The Labute approximate surface area is 186 Å². The van der Waals surface area contributed by atoms with Crippen LogP contribution in [0.5, 0.6) is 5.75 Å². The van der Waals surface area contributed by atoms with E-state index in [0.29, 0.717) is 21.7 Å². The van der Waals surface area contributed by atoms with E-state index in [1.807, 2.05) is 0 Å². The molecule has 0 aromatic heterocycles. The van der Waals surface area contributed by atoms with Crippen molar-refractivity contribution in [2.75, 3.05) is 0 Å². The molecule has 0 aliphatic carbocycles. The third kappa shape index (κ3) is 5.76. The van der Waals surface area contributed by atoms with Crippen LogP contribution >= 0.6 is 27.5 Å². The SMILES string of the molecule is O=C(Oc1ccc(Br)cc1/C=N\NC(=O)[C@H](O)c1ccccc1)c1ccc(Cl)cc1. The Hall–Kier alpha value is -3.00. The van der Waals surface area contributed by atoms with Crippen LogP contribution in [0.2, 0.25) is 5.02 Å². The Kier molecular flexibility index (Phi) is 7.35. The molecule has 3 aromatic carbocycles. The van der Waals surface area contributed by atoms with Crippen molar-refractivity contribution in [3.8, 4) is 5.75 Å². The van der Waals surface area contributed by atoms with Crippen molar-refractivity contribution < 1.29 is 19.4 Å². The summed E-state index contributed by atoms with van der Waals surface area (Å²) < 4.78 is 6.17. The van der Waals surface area contributed by atoms with Gasteiger partial charge in [0.05, 0.1) is 11.8 Å². The lowest BCUT2D eigenvalue weighted by atomic mass is 10.1. The molecule has 0 bridgehead atoms. The summed E-state index contributed by atoms with van der Waals surface area (Å²) in [6.07, 6.45) is -0.0294. The van der Waals surface area contributed by atoms with E-state index in [4.69, 9.17) is 16.3 Å². The van der Waals surface area contributed by atoms with Crippen LogP contribution in [0, 0.1) is 0 Å². The molecule has 0 aliphatic rings. The summed E-state index contributed by atoms with van der Waals surface area (Å²) in [5.74, 6) is -1.00. The number of carbonyl (C=O) groups is 2. The maximum atomic E-state index is 12.4. The van der Waals surface area contributed by atoms with Crippen molar-refractivity contribution in [2.45, 2.75) is 6.10 Å². The second kappa shape index (κ2) is 10.2. The van der Waals surface area contributed by atoms with Gasteiger partial charge in [0.2, 0.25) is 0 Å². The zero-order chi connectivity index (χ0) is 21.5. The Morgan fingerprint density at radius 1 is 1.07 bits per heavy atom. The van der Waals surface area contributed by atoms with Crippen molar-refractivity contribution in [3.05, 3.63) is 99.0 Å². The van der Waals surface area contributed by atoms with Gasteiger partial charge in [-0.3, -0.25) is 4.79 Å². The van der Waals surface area contributed by atoms with Gasteiger partial charge in [-0.1, -0.05) is 57.9 Å². The number of nitrogens with one attached hydrogen (secondary N) is 1. The van der Waals surface area contributed by atoms with Gasteiger partial charge in [-0.15, -0.1) is 0 Å². The smallest absolute Gasteiger partial charge is 0.343 e. The van der Waals surface area contributed by atoms with E-state index in [2.05, 4.69) is 26.5 Å². The standard InChI is InChI=1S/C22H16BrClN2O4/c23-17-8-11-19(30-22(29)15-6-9-18(24)10-7-15)16(12-17)13-25-26-21(28)20(27)14-4-2-1-3-5-14/h1-13,20,27H,(H,26,28)/b25-13-/t20-/m1/s1. The maximum Gasteiger partial charge on any atom is 0.343 e. The largest absolute Gasteiger partial charge is 0.422 e. The summed E-state index contributed by atoms with van der Waals surface area (Å²) in [6.45, 7) is 0. The number of hydrogen-bond donors (Lipinski definition) is 2. The summed E-state index contributed by atoms with van der Waals surface area (Å²) in [4.78, 5) is 24.5. The first-order chi connectivity index (χ1) is 14.4. The van der Waals surface area contributed by atoms with Gasteiger partial charge in [0.1, 0.15) is 5.75 Å². The lowest BCUT2D eigenvalue weighted by Gasteiger charge is -2.10. The molecule has 0 unspecified atom stereocenters. The normalized spacial score (nSPS) is 11.8. The number of hydrazone groups is 1. The first kappa shape index (κ1) is 21.7. The van der Waals surface area contributed by atoms with Gasteiger partial charge in [0.15, 0.2) is 6.10 Å². The number of aliphatic hydroxyl groups is 1. The van der Waals surface area contributed by atoms with Crippen molar-refractivity contribution in [1.29, 1.82) is 0 Å². The Balaban J connectivity index is 1.71. The molecule has 0 radical (unpaired) electrons. The minimum absolute atomic E-state index is 0.250. The van der Waals surface area contributed by atoms with Gasteiger partial charge >= 0.3 is 5.97 Å². The highest BCUT2D eigenvalue weighted by Gasteiger charge is 2.16. The highest BCUT2D eigenvalue weighted by Crippen LogP contribution is 2.23. The number of rotatable bonds is 6. The highest BCUT2D eigenvalue weighted by atomic mass is 79.9. The fourth-order valence-corrected chi connectivity index (χ4v) is 2.98. The van der Waals surface area contributed by atoms with Gasteiger partial charge in [0, 0.05) is 15.1 Å². The van der Waals surface area contributed by atoms with Crippen LogP contribution < -0.4 is 10.2 Å². The number of halogens is 2. The number of hydrogen-bond acceptors (Lipinski definition) is 5. The lowest BCUT2D eigenvalue weighted by molar-refractivity contribution is -0.129.